The van der Waals surface area contributed by atoms with Crippen molar-refractivity contribution in [3.63, 3.8) is 0 Å². The van der Waals surface area contributed by atoms with E-state index in [0.29, 0.717) is 40.7 Å². The van der Waals surface area contributed by atoms with Crippen LogP contribution in [-0.4, -0.2) is 35.1 Å². The number of hydrogen-bond donors (Lipinski definition) is 4. The fourth-order valence-electron chi connectivity index (χ4n) is 2.37. The van der Waals surface area contributed by atoms with E-state index >= 15 is 0 Å². The number of hydrogen-bond acceptors (Lipinski definition) is 4. The van der Waals surface area contributed by atoms with Crippen LogP contribution in [-0.2, 0) is 22.4 Å². The van der Waals surface area contributed by atoms with E-state index in [9.17, 15) is 19.8 Å². The fraction of sp³-hybridized carbons (Fsp3) is 0.263. The third kappa shape index (κ3) is 7.00. The molecule has 0 saturated heterocycles. The molecule has 6 nitrogen and oxygen atoms in total. The zero-order valence-corrected chi connectivity index (χ0v) is 16.0. The highest BCUT2D eigenvalue weighted by Crippen LogP contribution is 2.22. The normalized spacial score (nSPS) is 10.4. The van der Waals surface area contributed by atoms with Gasteiger partial charge in [-0.1, -0.05) is 35.3 Å². The van der Waals surface area contributed by atoms with Crippen molar-refractivity contribution in [2.24, 2.45) is 0 Å². The number of phenolic OH excluding ortho intramolecular Hbond substituents is 2. The number of carbonyl (C=O) groups excluding carboxylic acids is 2. The summed E-state index contributed by atoms with van der Waals surface area (Å²) in [4.78, 5) is 23.8. The van der Waals surface area contributed by atoms with Crippen LogP contribution in [0.5, 0.6) is 11.5 Å². The third-order valence-electron chi connectivity index (χ3n) is 3.77. The van der Waals surface area contributed by atoms with Crippen LogP contribution in [0, 0.1) is 0 Å². The summed E-state index contributed by atoms with van der Waals surface area (Å²) in [7, 11) is 0. The Hall–Kier alpha value is -2.44. The summed E-state index contributed by atoms with van der Waals surface area (Å²) < 4.78 is 0. The minimum absolute atomic E-state index is 0.0495. The van der Waals surface area contributed by atoms with Crippen molar-refractivity contribution in [1.29, 1.82) is 0 Å². The topological polar surface area (TPSA) is 98.7 Å². The van der Waals surface area contributed by atoms with Crippen molar-refractivity contribution in [3.05, 3.63) is 57.6 Å². The van der Waals surface area contributed by atoms with Crippen molar-refractivity contribution in [2.75, 3.05) is 13.1 Å². The molecule has 0 bridgehead atoms. The predicted molar refractivity (Wildman–Crippen MR) is 104 cm³/mol. The van der Waals surface area contributed by atoms with Crippen molar-refractivity contribution in [1.82, 2.24) is 10.6 Å². The summed E-state index contributed by atoms with van der Waals surface area (Å²) in [5.41, 5.74) is 1.26. The lowest BCUT2D eigenvalue weighted by Gasteiger charge is -2.09. The SMILES string of the molecule is O=C(Cc1ccc(O)cc1Cl)NCCCNC(=O)Cc1ccc(O)cc1Cl. The second kappa shape index (κ2) is 10.0. The second-order valence-electron chi connectivity index (χ2n) is 5.96. The maximum Gasteiger partial charge on any atom is 0.224 e. The molecule has 0 heterocycles. The maximum absolute atomic E-state index is 11.9. The van der Waals surface area contributed by atoms with E-state index in [1.807, 2.05) is 0 Å². The number of nitrogens with one attached hydrogen (secondary N) is 2. The molecular formula is C19H20Cl2N2O4. The van der Waals surface area contributed by atoms with Gasteiger partial charge in [-0.2, -0.15) is 0 Å². The molecule has 0 spiro atoms. The molecule has 0 saturated carbocycles. The first-order chi connectivity index (χ1) is 12.8. The van der Waals surface area contributed by atoms with Crippen LogP contribution in [0.25, 0.3) is 0 Å². The van der Waals surface area contributed by atoms with Crippen LogP contribution in [0.1, 0.15) is 17.5 Å². The quantitative estimate of drug-likeness (QED) is 0.502. The monoisotopic (exact) mass is 410 g/mol. The van der Waals surface area contributed by atoms with Crippen molar-refractivity contribution < 1.29 is 19.8 Å². The average Bonchev–Trinajstić information content (AvgIpc) is 2.59. The number of aromatic hydroxyl groups is 2. The highest BCUT2D eigenvalue weighted by atomic mass is 35.5. The van der Waals surface area contributed by atoms with Gasteiger partial charge in [0.1, 0.15) is 11.5 Å². The summed E-state index contributed by atoms with van der Waals surface area (Å²) in [6.45, 7) is 0.823. The highest BCUT2D eigenvalue weighted by molar-refractivity contribution is 6.32. The van der Waals surface area contributed by atoms with E-state index in [2.05, 4.69) is 10.6 Å². The highest BCUT2D eigenvalue weighted by Gasteiger charge is 2.09. The number of phenols is 2. The molecule has 4 N–H and O–H groups in total. The smallest absolute Gasteiger partial charge is 0.224 e. The Bertz CT molecular complexity index is 760. The Kier molecular flexibility index (Phi) is 7.76. The minimum Gasteiger partial charge on any atom is -0.508 e. The van der Waals surface area contributed by atoms with Gasteiger partial charge in [-0.15, -0.1) is 0 Å². The number of halogens is 2. The predicted octanol–water partition coefficient (Wildman–Crippen LogP) is 2.81. The zero-order valence-electron chi connectivity index (χ0n) is 14.5. The van der Waals surface area contributed by atoms with Gasteiger partial charge in [0.25, 0.3) is 0 Å². The van der Waals surface area contributed by atoms with Gasteiger partial charge in [0.2, 0.25) is 11.8 Å². The fourth-order valence-corrected chi connectivity index (χ4v) is 2.86. The van der Waals surface area contributed by atoms with Crippen molar-refractivity contribution >= 4 is 35.0 Å². The minimum atomic E-state index is -0.190. The lowest BCUT2D eigenvalue weighted by atomic mass is 10.1. The summed E-state index contributed by atoms with van der Waals surface area (Å²) in [5.74, 6) is -0.281. The summed E-state index contributed by atoms with van der Waals surface area (Å²) >= 11 is 11.9. The van der Waals surface area contributed by atoms with Crippen LogP contribution < -0.4 is 10.6 Å². The Balaban J connectivity index is 1.64. The van der Waals surface area contributed by atoms with Gasteiger partial charge in [-0.3, -0.25) is 9.59 Å². The number of rotatable bonds is 8. The Labute approximate surface area is 167 Å². The first-order valence-corrected chi connectivity index (χ1v) is 9.09. The molecule has 0 fully saturated rings. The molecule has 2 rings (SSSR count). The maximum atomic E-state index is 11.9. The van der Waals surface area contributed by atoms with E-state index in [1.165, 1.54) is 24.3 Å². The summed E-state index contributed by atoms with van der Waals surface area (Å²) in [5, 5.41) is 24.8. The van der Waals surface area contributed by atoms with Crippen LogP contribution in [0.15, 0.2) is 36.4 Å². The third-order valence-corrected chi connectivity index (χ3v) is 4.48. The molecule has 0 unspecified atom stereocenters. The van der Waals surface area contributed by atoms with Crippen LogP contribution >= 0.6 is 23.2 Å². The van der Waals surface area contributed by atoms with E-state index in [4.69, 9.17) is 23.2 Å². The molecule has 0 aliphatic carbocycles. The Morgan fingerprint density at radius 1 is 0.778 bits per heavy atom. The Morgan fingerprint density at radius 2 is 1.19 bits per heavy atom. The van der Waals surface area contributed by atoms with E-state index in [1.54, 1.807) is 12.1 Å². The van der Waals surface area contributed by atoms with Gasteiger partial charge in [0.05, 0.1) is 12.8 Å². The molecule has 0 aliphatic heterocycles. The number of amides is 2. The van der Waals surface area contributed by atoms with Crippen molar-refractivity contribution in [2.45, 2.75) is 19.3 Å². The van der Waals surface area contributed by atoms with Crippen molar-refractivity contribution in [3.8, 4) is 11.5 Å². The van der Waals surface area contributed by atoms with Gasteiger partial charge in [0, 0.05) is 23.1 Å². The molecular weight excluding hydrogens is 391 g/mol. The Morgan fingerprint density at radius 3 is 1.56 bits per heavy atom. The molecule has 2 aromatic rings. The molecule has 2 amide bonds. The molecule has 0 aromatic heterocycles. The second-order valence-corrected chi connectivity index (χ2v) is 6.77. The van der Waals surface area contributed by atoms with Gasteiger partial charge in [-0.25, -0.2) is 0 Å². The van der Waals surface area contributed by atoms with Crippen LogP contribution in [0.3, 0.4) is 0 Å². The van der Waals surface area contributed by atoms with Gasteiger partial charge in [0.15, 0.2) is 0 Å². The zero-order chi connectivity index (χ0) is 19.8. The average molecular weight is 411 g/mol. The van der Waals surface area contributed by atoms with E-state index in [0.717, 1.165) is 0 Å². The van der Waals surface area contributed by atoms with Gasteiger partial charge in [-0.05, 0) is 41.8 Å². The van der Waals surface area contributed by atoms with Gasteiger partial charge < -0.3 is 20.8 Å². The summed E-state index contributed by atoms with van der Waals surface area (Å²) in [6.07, 6.45) is 0.805. The van der Waals surface area contributed by atoms with Crippen LogP contribution in [0.2, 0.25) is 10.0 Å². The van der Waals surface area contributed by atoms with Crippen LogP contribution in [0.4, 0.5) is 0 Å². The lowest BCUT2D eigenvalue weighted by molar-refractivity contribution is -0.120. The molecule has 2 aromatic carbocycles. The molecule has 0 atom stereocenters. The largest absolute Gasteiger partial charge is 0.508 e. The molecule has 144 valence electrons. The lowest BCUT2D eigenvalue weighted by Crippen LogP contribution is -2.31. The molecule has 0 radical (unpaired) electrons. The van der Waals surface area contributed by atoms with E-state index < -0.39 is 0 Å². The van der Waals surface area contributed by atoms with E-state index in [-0.39, 0.29) is 36.2 Å². The first-order valence-electron chi connectivity index (χ1n) is 8.33. The standard InChI is InChI=1S/C19H20Cl2N2O4/c20-16-10-14(24)4-2-12(16)8-18(26)22-6-1-7-23-19(27)9-13-3-5-15(25)11-17(13)21/h2-5,10-11,24-25H,1,6-9H2,(H,22,26)(H,23,27). The summed E-state index contributed by atoms with van der Waals surface area (Å²) in [6, 6.07) is 8.94. The van der Waals surface area contributed by atoms with Gasteiger partial charge >= 0.3 is 0 Å². The first kappa shape index (κ1) is 20.9. The number of carbonyl (C=O) groups is 2. The molecule has 8 heteroatoms. The molecule has 0 aliphatic rings. The number of benzene rings is 2. The molecule has 27 heavy (non-hydrogen) atoms.